The number of nitrogens with zero attached hydrogens (tertiary/aromatic N) is 2. The number of rotatable bonds is 7. The second-order valence-corrected chi connectivity index (χ2v) is 4.93. The van der Waals surface area contributed by atoms with Crippen molar-refractivity contribution in [3.8, 4) is 0 Å². The van der Waals surface area contributed by atoms with Crippen LogP contribution >= 0.6 is 0 Å². The predicted octanol–water partition coefficient (Wildman–Crippen LogP) is 3.54. The maximum absolute atomic E-state index is 9.50. The summed E-state index contributed by atoms with van der Waals surface area (Å²) in [6, 6.07) is 4.49. The van der Waals surface area contributed by atoms with Gasteiger partial charge in [0.15, 0.2) is 0 Å². The van der Waals surface area contributed by atoms with E-state index in [1.54, 1.807) is 13.1 Å². The molecule has 0 saturated carbocycles. The SMILES string of the molecule is CCCCN(c1ccc([C@H](C)O)cn1)C(C)CC. The fraction of sp³-hybridized carbons (Fsp3) is 0.667. The van der Waals surface area contributed by atoms with Gasteiger partial charge in [-0.3, -0.25) is 0 Å². The molecule has 1 heterocycles. The van der Waals surface area contributed by atoms with Gasteiger partial charge in [-0.2, -0.15) is 0 Å². The minimum atomic E-state index is -0.445. The number of aromatic nitrogens is 1. The highest BCUT2D eigenvalue weighted by atomic mass is 16.3. The molecule has 3 heteroatoms. The Morgan fingerprint density at radius 2 is 2.00 bits per heavy atom. The van der Waals surface area contributed by atoms with E-state index >= 15 is 0 Å². The summed E-state index contributed by atoms with van der Waals surface area (Å²) in [7, 11) is 0. The minimum absolute atomic E-state index is 0.445. The highest BCUT2D eigenvalue weighted by Gasteiger charge is 2.13. The second kappa shape index (κ2) is 7.37. The van der Waals surface area contributed by atoms with Gasteiger partial charge in [-0.1, -0.05) is 26.3 Å². The maximum Gasteiger partial charge on any atom is 0.128 e. The van der Waals surface area contributed by atoms with Gasteiger partial charge in [-0.05, 0) is 38.3 Å². The average molecular weight is 250 g/mol. The molecule has 1 N–H and O–H groups in total. The maximum atomic E-state index is 9.50. The lowest BCUT2D eigenvalue weighted by Crippen LogP contribution is -2.34. The van der Waals surface area contributed by atoms with E-state index in [9.17, 15) is 5.11 Å². The van der Waals surface area contributed by atoms with Crippen LogP contribution in [0.3, 0.4) is 0 Å². The molecule has 3 nitrogen and oxygen atoms in total. The number of hydrogen-bond acceptors (Lipinski definition) is 3. The number of pyridine rings is 1. The first-order valence-corrected chi connectivity index (χ1v) is 7.00. The monoisotopic (exact) mass is 250 g/mol. The van der Waals surface area contributed by atoms with Crippen molar-refractivity contribution in [1.29, 1.82) is 0 Å². The van der Waals surface area contributed by atoms with Crippen LogP contribution in [-0.2, 0) is 0 Å². The van der Waals surface area contributed by atoms with E-state index in [0.29, 0.717) is 6.04 Å². The van der Waals surface area contributed by atoms with Gasteiger partial charge < -0.3 is 10.0 Å². The Morgan fingerprint density at radius 1 is 1.28 bits per heavy atom. The van der Waals surface area contributed by atoms with E-state index in [4.69, 9.17) is 0 Å². The first kappa shape index (κ1) is 15.0. The van der Waals surface area contributed by atoms with Gasteiger partial charge >= 0.3 is 0 Å². The van der Waals surface area contributed by atoms with Gasteiger partial charge in [0.2, 0.25) is 0 Å². The number of aliphatic hydroxyl groups excluding tert-OH is 1. The number of unbranched alkanes of at least 4 members (excludes halogenated alkanes) is 1. The summed E-state index contributed by atoms with van der Waals surface area (Å²) in [5.41, 5.74) is 0.873. The molecule has 1 rings (SSSR count). The van der Waals surface area contributed by atoms with Crippen molar-refractivity contribution in [3.05, 3.63) is 23.9 Å². The largest absolute Gasteiger partial charge is 0.389 e. The minimum Gasteiger partial charge on any atom is -0.389 e. The van der Waals surface area contributed by atoms with E-state index in [0.717, 1.165) is 24.3 Å². The van der Waals surface area contributed by atoms with Crippen LogP contribution in [-0.4, -0.2) is 22.7 Å². The summed E-state index contributed by atoms with van der Waals surface area (Å²) < 4.78 is 0. The van der Waals surface area contributed by atoms with Crippen molar-refractivity contribution >= 4 is 5.82 Å². The van der Waals surface area contributed by atoms with E-state index in [1.807, 2.05) is 12.1 Å². The normalized spacial score (nSPS) is 14.3. The van der Waals surface area contributed by atoms with Crippen LogP contribution in [0.5, 0.6) is 0 Å². The Bertz CT molecular complexity index is 335. The number of anilines is 1. The molecule has 0 aliphatic rings. The van der Waals surface area contributed by atoms with Gasteiger partial charge in [-0.25, -0.2) is 4.98 Å². The summed E-state index contributed by atoms with van der Waals surface area (Å²) >= 11 is 0. The van der Waals surface area contributed by atoms with Gasteiger partial charge in [0.1, 0.15) is 5.82 Å². The molecule has 0 spiro atoms. The summed E-state index contributed by atoms with van der Waals surface area (Å²) in [5.74, 6) is 1.02. The lowest BCUT2D eigenvalue weighted by atomic mass is 10.1. The predicted molar refractivity (Wildman–Crippen MR) is 76.9 cm³/mol. The zero-order chi connectivity index (χ0) is 13.5. The molecular weight excluding hydrogens is 224 g/mol. The van der Waals surface area contributed by atoms with E-state index in [-0.39, 0.29) is 0 Å². The zero-order valence-electron chi connectivity index (χ0n) is 12.1. The van der Waals surface area contributed by atoms with E-state index in [2.05, 4.69) is 30.7 Å². The first-order chi connectivity index (χ1) is 8.60. The third kappa shape index (κ3) is 3.98. The lowest BCUT2D eigenvalue weighted by Gasteiger charge is -2.29. The van der Waals surface area contributed by atoms with Crippen molar-refractivity contribution in [2.75, 3.05) is 11.4 Å². The average Bonchev–Trinajstić information content (AvgIpc) is 2.39. The molecule has 0 saturated heterocycles. The van der Waals surface area contributed by atoms with Crippen molar-refractivity contribution in [1.82, 2.24) is 4.98 Å². The van der Waals surface area contributed by atoms with Crippen LogP contribution in [0.1, 0.15) is 58.6 Å². The number of hydrogen-bond donors (Lipinski definition) is 1. The fourth-order valence-corrected chi connectivity index (χ4v) is 1.92. The van der Waals surface area contributed by atoms with Crippen molar-refractivity contribution in [2.24, 2.45) is 0 Å². The van der Waals surface area contributed by atoms with Gasteiger partial charge in [-0.15, -0.1) is 0 Å². The van der Waals surface area contributed by atoms with E-state index in [1.165, 1.54) is 12.8 Å². The van der Waals surface area contributed by atoms with Crippen LogP contribution in [0.15, 0.2) is 18.3 Å². The van der Waals surface area contributed by atoms with Crippen molar-refractivity contribution < 1.29 is 5.11 Å². The second-order valence-electron chi connectivity index (χ2n) is 4.93. The molecule has 0 bridgehead atoms. The topological polar surface area (TPSA) is 36.4 Å². The molecule has 0 amide bonds. The third-order valence-corrected chi connectivity index (χ3v) is 3.42. The van der Waals surface area contributed by atoms with Crippen LogP contribution in [0.25, 0.3) is 0 Å². The Labute approximate surface area is 111 Å². The van der Waals surface area contributed by atoms with E-state index < -0.39 is 6.10 Å². The lowest BCUT2D eigenvalue weighted by molar-refractivity contribution is 0.199. The molecule has 0 aliphatic heterocycles. The molecule has 1 aromatic rings. The van der Waals surface area contributed by atoms with Crippen LogP contribution in [0.2, 0.25) is 0 Å². The fourth-order valence-electron chi connectivity index (χ4n) is 1.92. The highest BCUT2D eigenvalue weighted by molar-refractivity contribution is 5.40. The molecule has 18 heavy (non-hydrogen) atoms. The van der Waals surface area contributed by atoms with Crippen LogP contribution in [0, 0.1) is 0 Å². The Balaban J connectivity index is 2.83. The smallest absolute Gasteiger partial charge is 0.128 e. The third-order valence-electron chi connectivity index (χ3n) is 3.42. The Hall–Kier alpha value is -1.09. The standard InChI is InChI=1S/C15H26N2O/c1-5-7-10-17(12(3)6-2)15-9-8-14(11-16-15)13(4)18/h8-9,11-13,18H,5-7,10H2,1-4H3/t12?,13-/m0/s1. The molecule has 0 aromatic carbocycles. The molecule has 1 aromatic heterocycles. The molecule has 1 unspecified atom stereocenters. The van der Waals surface area contributed by atoms with Gasteiger partial charge in [0, 0.05) is 18.8 Å². The molecule has 102 valence electrons. The van der Waals surface area contributed by atoms with Crippen LogP contribution in [0.4, 0.5) is 5.82 Å². The van der Waals surface area contributed by atoms with Gasteiger partial charge in [0.25, 0.3) is 0 Å². The summed E-state index contributed by atoms with van der Waals surface area (Å²) in [5, 5.41) is 9.50. The van der Waals surface area contributed by atoms with Crippen molar-refractivity contribution in [2.45, 2.75) is 59.1 Å². The highest BCUT2D eigenvalue weighted by Crippen LogP contribution is 2.19. The van der Waals surface area contributed by atoms with Gasteiger partial charge in [0.05, 0.1) is 6.10 Å². The van der Waals surface area contributed by atoms with Crippen molar-refractivity contribution in [3.63, 3.8) is 0 Å². The summed E-state index contributed by atoms with van der Waals surface area (Å²) in [6.45, 7) is 9.46. The molecule has 0 fully saturated rings. The van der Waals surface area contributed by atoms with Crippen LogP contribution < -0.4 is 4.90 Å². The first-order valence-electron chi connectivity index (χ1n) is 7.00. The molecule has 2 atom stereocenters. The summed E-state index contributed by atoms with van der Waals surface area (Å²) in [4.78, 5) is 6.84. The zero-order valence-corrected chi connectivity index (χ0v) is 12.1. The summed E-state index contributed by atoms with van der Waals surface area (Å²) in [6.07, 6.45) is 4.83. The Kier molecular flexibility index (Phi) is 6.13. The quantitative estimate of drug-likeness (QED) is 0.804. The molecule has 0 aliphatic carbocycles. The molecular formula is C15H26N2O. The molecule has 0 radical (unpaired) electrons. The Morgan fingerprint density at radius 3 is 2.44 bits per heavy atom. The number of aliphatic hydroxyl groups is 1.